The van der Waals surface area contributed by atoms with Gasteiger partial charge in [0, 0.05) is 22.2 Å². The molecule has 3 nitrogen and oxygen atoms in total. The van der Waals surface area contributed by atoms with E-state index in [1.54, 1.807) is 12.3 Å². The van der Waals surface area contributed by atoms with E-state index in [-0.39, 0.29) is 6.61 Å². The van der Waals surface area contributed by atoms with Crippen LogP contribution < -0.4 is 0 Å². The summed E-state index contributed by atoms with van der Waals surface area (Å²) in [7, 11) is 0. The molecule has 0 radical (unpaired) electrons. The molecule has 2 aromatic rings. The Morgan fingerprint density at radius 1 is 1.24 bits per heavy atom. The van der Waals surface area contributed by atoms with Gasteiger partial charge in [-0.3, -0.25) is 4.98 Å². The van der Waals surface area contributed by atoms with Gasteiger partial charge in [-0.1, -0.05) is 23.9 Å². The standard InChI is InChI=1S/C13H10N2OS/c14-6-11-5-13(8-15-7-11)17-12-3-1-2-10(4-12)9-16/h1-5,7-8,16H,9H2. The normalized spacial score (nSPS) is 9.88. The molecule has 0 unspecified atom stereocenters. The molecular weight excluding hydrogens is 232 g/mol. The molecular formula is C13H10N2OS. The van der Waals surface area contributed by atoms with Crippen molar-refractivity contribution < 1.29 is 5.11 Å². The monoisotopic (exact) mass is 242 g/mol. The average Bonchev–Trinajstić information content (AvgIpc) is 2.39. The third kappa shape index (κ3) is 3.06. The summed E-state index contributed by atoms with van der Waals surface area (Å²) in [4.78, 5) is 5.94. The largest absolute Gasteiger partial charge is 0.392 e. The van der Waals surface area contributed by atoms with E-state index in [2.05, 4.69) is 11.1 Å². The summed E-state index contributed by atoms with van der Waals surface area (Å²) in [5.41, 5.74) is 1.42. The number of aliphatic hydroxyl groups excluding tert-OH is 1. The minimum atomic E-state index is 0.0326. The zero-order valence-electron chi connectivity index (χ0n) is 9.00. The zero-order chi connectivity index (χ0) is 12.1. The topological polar surface area (TPSA) is 56.9 Å². The number of pyridine rings is 1. The number of benzene rings is 1. The molecule has 0 amide bonds. The first-order chi connectivity index (χ1) is 8.31. The summed E-state index contributed by atoms with van der Waals surface area (Å²) in [6, 6.07) is 11.5. The Morgan fingerprint density at radius 2 is 2.12 bits per heavy atom. The molecule has 0 saturated carbocycles. The van der Waals surface area contributed by atoms with Crippen LogP contribution in [0.5, 0.6) is 0 Å². The van der Waals surface area contributed by atoms with Gasteiger partial charge in [0.25, 0.3) is 0 Å². The quantitative estimate of drug-likeness (QED) is 0.898. The first-order valence-corrected chi connectivity index (χ1v) is 5.86. The summed E-state index contributed by atoms with van der Waals surface area (Å²) in [6.07, 6.45) is 3.26. The molecule has 1 heterocycles. The molecule has 2 rings (SSSR count). The summed E-state index contributed by atoms with van der Waals surface area (Å²) in [6.45, 7) is 0.0326. The third-order valence-corrected chi connectivity index (χ3v) is 3.11. The summed E-state index contributed by atoms with van der Waals surface area (Å²) >= 11 is 1.52. The van der Waals surface area contributed by atoms with Crippen LogP contribution in [-0.2, 0) is 6.61 Å². The van der Waals surface area contributed by atoms with Gasteiger partial charge in [0.15, 0.2) is 0 Å². The average molecular weight is 242 g/mol. The highest BCUT2D eigenvalue weighted by molar-refractivity contribution is 7.99. The minimum absolute atomic E-state index is 0.0326. The van der Waals surface area contributed by atoms with Crippen LogP contribution in [0.2, 0.25) is 0 Å². The molecule has 1 aromatic carbocycles. The van der Waals surface area contributed by atoms with Gasteiger partial charge in [0.1, 0.15) is 6.07 Å². The lowest BCUT2D eigenvalue weighted by Crippen LogP contribution is -1.84. The van der Waals surface area contributed by atoms with Crippen molar-refractivity contribution in [2.75, 3.05) is 0 Å². The SMILES string of the molecule is N#Cc1cncc(Sc2cccc(CO)c2)c1. The van der Waals surface area contributed by atoms with Gasteiger partial charge in [-0.25, -0.2) is 0 Å². The fourth-order valence-corrected chi connectivity index (χ4v) is 2.31. The second-order valence-corrected chi connectivity index (χ2v) is 4.58. The van der Waals surface area contributed by atoms with Crippen LogP contribution in [0.15, 0.2) is 52.5 Å². The Bertz CT molecular complexity index is 563. The van der Waals surface area contributed by atoms with E-state index in [1.807, 2.05) is 24.3 Å². The fourth-order valence-electron chi connectivity index (χ4n) is 1.38. The molecule has 0 atom stereocenters. The van der Waals surface area contributed by atoms with Crippen molar-refractivity contribution in [1.29, 1.82) is 5.26 Å². The second-order valence-electron chi connectivity index (χ2n) is 3.43. The summed E-state index contributed by atoms with van der Waals surface area (Å²) < 4.78 is 0. The van der Waals surface area contributed by atoms with Crippen LogP contribution in [0.25, 0.3) is 0 Å². The van der Waals surface area contributed by atoms with Gasteiger partial charge in [-0.2, -0.15) is 5.26 Å². The van der Waals surface area contributed by atoms with Gasteiger partial charge in [-0.15, -0.1) is 0 Å². The van der Waals surface area contributed by atoms with Crippen molar-refractivity contribution in [3.8, 4) is 6.07 Å². The first kappa shape index (κ1) is 11.6. The molecule has 0 aliphatic carbocycles. The van der Waals surface area contributed by atoms with Gasteiger partial charge in [-0.05, 0) is 23.8 Å². The van der Waals surface area contributed by atoms with E-state index in [0.717, 1.165) is 15.4 Å². The van der Waals surface area contributed by atoms with Crippen LogP contribution >= 0.6 is 11.8 Å². The highest BCUT2D eigenvalue weighted by Gasteiger charge is 2.00. The van der Waals surface area contributed by atoms with E-state index in [4.69, 9.17) is 10.4 Å². The van der Waals surface area contributed by atoms with Gasteiger partial charge in [0.05, 0.1) is 12.2 Å². The van der Waals surface area contributed by atoms with Crippen LogP contribution in [0.1, 0.15) is 11.1 Å². The van der Waals surface area contributed by atoms with Gasteiger partial charge >= 0.3 is 0 Å². The van der Waals surface area contributed by atoms with Gasteiger partial charge in [0.2, 0.25) is 0 Å². The molecule has 0 bridgehead atoms. The third-order valence-electron chi connectivity index (χ3n) is 2.16. The number of aromatic nitrogens is 1. The smallest absolute Gasteiger partial charge is 0.101 e. The van der Waals surface area contributed by atoms with Crippen LogP contribution in [0.3, 0.4) is 0 Å². The van der Waals surface area contributed by atoms with Crippen LogP contribution in [0, 0.1) is 11.3 Å². The zero-order valence-corrected chi connectivity index (χ0v) is 9.81. The number of nitriles is 1. The molecule has 4 heteroatoms. The number of nitrogens with zero attached hydrogens (tertiary/aromatic N) is 2. The molecule has 0 spiro atoms. The highest BCUT2D eigenvalue weighted by atomic mass is 32.2. The molecule has 84 valence electrons. The highest BCUT2D eigenvalue weighted by Crippen LogP contribution is 2.27. The molecule has 0 fully saturated rings. The van der Waals surface area contributed by atoms with Crippen molar-refractivity contribution in [3.05, 3.63) is 53.9 Å². The Morgan fingerprint density at radius 3 is 2.88 bits per heavy atom. The predicted molar refractivity (Wildman–Crippen MR) is 65.4 cm³/mol. The van der Waals surface area contributed by atoms with Crippen LogP contribution in [0.4, 0.5) is 0 Å². The van der Waals surface area contributed by atoms with E-state index in [1.165, 1.54) is 18.0 Å². The fraction of sp³-hybridized carbons (Fsp3) is 0.0769. The Hall–Kier alpha value is -1.83. The minimum Gasteiger partial charge on any atom is -0.392 e. The van der Waals surface area contributed by atoms with E-state index < -0.39 is 0 Å². The second kappa shape index (κ2) is 5.48. The van der Waals surface area contributed by atoms with Crippen molar-refractivity contribution >= 4 is 11.8 Å². The molecule has 1 N–H and O–H groups in total. The molecule has 0 aliphatic rings. The Labute approximate surface area is 104 Å². The van der Waals surface area contributed by atoms with E-state index >= 15 is 0 Å². The summed E-state index contributed by atoms with van der Waals surface area (Å²) in [5, 5.41) is 17.8. The molecule has 1 aromatic heterocycles. The van der Waals surface area contributed by atoms with Crippen molar-refractivity contribution in [1.82, 2.24) is 4.98 Å². The lowest BCUT2D eigenvalue weighted by atomic mass is 10.2. The Kier molecular flexibility index (Phi) is 3.76. The van der Waals surface area contributed by atoms with Crippen molar-refractivity contribution in [3.63, 3.8) is 0 Å². The number of aliphatic hydroxyl groups is 1. The predicted octanol–water partition coefficient (Wildman–Crippen LogP) is 2.60. The first-order valence-electron chi connectivity index (χ1n) is 5.04. The van der Waals surface area contributed by atoms with Crippen molar-refractivity contribution in [2.45, 2.75) is 16.4 Å². The molecule has 0 saturated heterocycles. The van der Waals surface area contributed by atoms with E-state index in [0.29, 0.717) is 5.56 Å². The molecule has 0 aliphatic heterocycles. The van der Waals surface area contributed by atoms with Crippen LogP contribution in [-0.4, -0.2) is 10.1 Å². The number of hydrogen-bond acceptors (Lipinski definition) is 4. The summed E-state index contributed by atoms with van der Waals surface area (Å²) in [5.74, 6) is 0. The lowest BCUT2D eigenvalue weighted by molar-refractivity contribution is 0.281. The number of rotatable bonds is 3. The maximum Gasteiger partial charge on any atom is 0.101 e. The lowest BCUT2D eigenvalue weighted by Gasteiger charge is -2.03. The van der Waals surface area contributed by atoms with E-state index in [9.17, 15) is 0 Å². The van der Waals surface area contributed by atoms with Crippen molar-refractivity contribution in [2.24, 2.45) is 0 Å². The van der Waals surface area contributed by atoms with Gasteiger partial charge < -0.3 is 5.11 Å². The maximum atomic E-state index is 9.05. The number of hydrogen-bond donors (Lipinski definition) is 1. The molecule has 17 heavy (non-hydrogen) atoms. The maximum absolute atomic E-state index is 9.05. The Balaban J connectivity index is 2.22.